The van der Waals surface area contributed by atoms with Crippen molar-refractivity contribution < 1.29 is 4.42 Å². The van der Waals surface area contributed by atoms with Crippen molar-refractivity contribution in [2.45, 2.75) is 9.79 Å². The summed E-state index contributed by atoms with van der Waals surface area (Å²) < 4.78 is 6.16. The first-order chi connectivity index (χ1) is 12.8. The second-order valence-corrected chi connectivity index (χ2v) is 7.06. The standard InChI is InChI=1S/C22H13NO2S/c24-20-16-11-5-4-10-15(16)19-21(22(20)26-14-8-2-1-3-9-14)25-18-13-7-6-12-17(18)23-19/h1-13H. The lowest BCUT2D eigenvalue weighted by Gasteiger charge is -2.13. The number of fused-ring (bicyclic) bond motifs is 4. The predicted molar refractivity (Wildman–Crippen MR) is 105 cm³/mol. The fourth-order valence-corrected chi connectivity index (χ4v) is 4.08. The Kier molecular flexibility index (Phi) is 3.50. The van der Waals surface area contributed by atoms with E-state index in [0.29, 0.717) is 21.6 Å². The van der Waals surface area contributed by atoms with Gasteiger partial charge in [-0.15, -0.1) is 0 Å². The lowest BCUT2D eigenvalue weighted by Crippen LogP contribution is -2.09. The normalized spacial score (nSPS) is 11.4. The molecule has 0 fully saturated rings. The predicted octanol–water partition coefficient (Wildman–Crippen LogP) is 5.60. The molecule has 1 aliphatic carbocycles. The van der Waals surface area contributed by atoms with E-state index in [2.05, 4.69) is 0 Å². The number of rotatable bonds is 2. The third kappa shape index (κ3) is 2.38. The van der Waals surface area contributed by atoms with Gasteiger partial charge in [-0.25, -0.2) is 4.98 Å². The summed E-state index contributed by atoms with van der Waals surface area (Å²) in [4.78, 5) is 19.5. The molecular weight excluding hydrogens is 342 g/mol. The van der Waals surface area contributed by atoms with Crippen LogP contribution >= 0.6 is 11.8 Å². The topological polar surface area (TPSA) is 43.1 Å². The van der Waals surface area contributed by atoms with Crippen LogP contribution < -0.4 is 5.43 Å². The fourth-order valence-electron chi connectivity index (χ4n) is 3.11. The molecule has 0 saturated carbocycles. The van der Waals surface area contributed by atoms with Gasteiger partial charge in [0.15, 0.2) is 11.3 Å². The van der Waals surface area contributed by atoms with Crippen LogP contribution in [0.15, 0.2) is 97.9 Å². The van der Waals surface area contributed by atoms with Crippen molar-refractivity contribution in [1.29, 1.82) is 0 Å². The molecule has 0 N–H and O–H groups in total. The van der Waals surface area contributed by atoms with Gasteiger partial charge in [-0.2, -0.15) is 0 Å². The number of nitrogens with zero attached hydrogens (tertiary/aromatic N) is 1. The second-order valence-electron chi connectivity index (χ2n) is 5.98. The monoisotopic (exact) mass is 355 g/mol. The third-order valence-corrected chi connectivity index (χ3v) is 5.41. The summed E-state index contributed by atoms with van der Waals surface area (Å²) >= 11 is 1.42. The highest BCUT2D eigenvalue weighted by molar-refractivity contribution is 7.99. The summed E-state index contributed by atoms with van der Waals surface area (Å²) in [5.41, 5.74) is 2.14. The van der Waals surface area contributed by atoms with Gasteiger partial charge in [-0.05, 0) is 24.3 Å². The Morgan fingerprint density at radius 2 is 1.46 bits per heavy atom. The zero-order chi connectivity index (χ0) is 17.5. The number of aromatic nitrogens is 1. The summed E-state index contributed by atoms with van der Waals surface area (Å²) in [6.07, 6.45) is 0. The Hall–Kier alpha value is -3.11. The molecule has 5 rings (SSSR count). The SMILES string of the molecule is O=c1c(Sc2ccccc2)c2oc3ccccc3nc-2c2ccccc12. The minimum Gasteiger partial charge on any atom is -0.451 e. The lowest BCUT2D eigenvalue weighted by molar-refractivity contribution is 0.601. The minimum absolute atomic E-state index is 0.0252. The van der Waals surface area contributed by atoms with E-state index in [4.69, 9.17) is 9.40 Å². The summed E-state index contributed by atoms with van der Waals surface area (Å²) in [5, 5.41) is 1.48. The average Bonchev–Trinajstić information content (AvgIpc) is 2.71. The van der Waals surface area contributed by atoms with Crippen LogP contribution in [-0.2, 0) is 0 Å². The number of benzene rings is 4. The summed E-state index contributed by atoms with van der Waals surface area (Å²) in [7, 11) is 0. The van der Waals surface area contributed by atoms with Gasteiger partial charge in [0.25, 0.3) is 0 Å². The van der Waals surface area contributed by atoms with Gasteiger partial charge in [-0.1, -0.05) is 66.4 Å². The maximum Gasteiger partial charge on any atom is 0.204 e. The molecule has 0 atom stereocenters. The van der Waals surface area contributed by atoms with Gasteiger partial charge in [0, 0.05) is 15.7 Å². The van der Waals surface area contributed by atoms with E-state index < -0.39 is 0 Å². The van der Waals surface area contributed by atoms with Crippen LogP contribution in [0.25, 0.3) is 33.3 Å². The van der Waals surface area contributed by atoms with E-state index in [1.54, 1.807) is 0 Å². The van der Waals surface area contributed by atoms with Gasteiger partial charge < -0.3 is 4.42 Å². The average molecular weight is 355 g/mol. The molecule has 0 unspecified atom stereocenters. The van der Waals surface area contributed by atoms with Gasteiger partial charge in [0.1, 0.15) is 16.1 Å². The molecule has 4 heteroatoms. The van der Waals surface area contributed by atoms with E-state index in [1.165, 1.54) is 11.8 Å². The van der Waals surface area contributed by atoms with Gasteiger partial charge >= 0.3 is 0 Å². The Labute approximate surface area is 153 Å². The molecule has 3 aromatic rings. The second kappa shape index (κ2) is 6.00. The number of hydrogen-bond acceptors (Lipinski definition) is 4. The Morgan fingerprint density at radius 3 is 2.31 bits per heavy atom. The van der Waals surface area contributed by atoms with Crippen molar-refractivity contribution >= 4 is 33.6 Å². The van der Waals surface area contributed by atoms with Crippen molar-refractivity contribution in [3.05, 3.63) is 89.1 Å². The molecule has 0 bridgehead atoms. The van der Waals surface area contributed by atoms with Crippen LogP contribution in [0.2, 0.25) is 0 Å². The molecule has 2 aliphatic rings. The van der Waals surface area contributed by atoms with Crippen molar-refractivity contribution in [2.75, 3.05) is 0 Å². The maximum absolute atomic E-state index is 13.2. The molecular formula is C22H13NO2S. The molecule has 0 aromatic heterocycles. The smallest absolute Gasteiger partial charge is 0.204 e. The zero-order valence-corrected chi connectivity index (χ0v) is 14.5. The molecule has 3 aromatic carbocycles. The molecule has 26 heavy (non-hydrogen) atoms. The quantitative estimate of drug-likeness (QED) is 0.305. The minimum atomic E-state index is -0.0252. The lowest BCUT2D eigenvalue weighted by atomic mass is 10.0. The molecule has 0 saturated heterocycles. The Morgan fingerprint density at radius 1 is 0.769 bits per heavy atom. The van der Waals surface area contributed by atoms with Gasteiger partial charge in [-0.3, -0.25) is 4.79 Å². The van der Waals surface area contributed by atoms with Crippen molar-refractivity contribution in [2.24, 2.45) is 0 Å². The van der Waals surface area contributed by atoms with Gasteiger partial charge in [0.2, 0.25) is 5.43 Å². The highest BCUT2D eigenvalue weighted by Gasteiger charge is 2.22. The summed E-state index contributed by atoms with van der Waals surface area (Å²) in [6, 6.07) is 25.0. The largest absolute Gasteiger partial charge is 0.451 e. The molecule has 0 spiro atoms. The molecule has 0 radical (unpaired) electrons. The van der Waals surface area contributed by atoms with E-state index in [0.717, 1.165) is 21.5 Å². The van der Waals surface area contributed by atoms with Crippen LogP contribution in [0.1, 0.15) is 0 Å². The molecule has 1 aliphatic heterocycles. The van der Waals surface area contributed by atoms with Crippen LogP contribution in [-0.4, -0.2) is 4.98 Å². The third-order valence-electron chi connectivity index (χ3n) is 4.33. The highest BCUT2D eigenvalue weighted by Crippen LogP contribution is 2.39. The van der Waals surface area contributed by atoms with E-state index in [-0.39, 0.29) is 5.43 Å². The zero-order valence-electron chi connectivity index (χ0n) is 13.7. The van der Waals surface area contributed by atoms with Crippen molar-refractivity contribution in [3.63, 3.8) is 0 Å². The van der Waals surface area contributed by atoms with Crippen LogP contribution in [0.5, 0.6) is 0 Å². The fraction of sp³-hybridized carbons (Fsp3) is 0. The first-order valence-corrected chi connectivity index (χ1v) is 9.10. The van der Waals surface area contributed by atoms with E-state index >= 15 is 0 Å². The van der Waals surface area contributed by atoms with Crippen LogP contribution in [0.4, 0.5) is 0 Å². The number of hydrogen-bond donors (Lipinski definition) is 0. The van der Waals surface area contributed by atoms with Crippen molar-refractivity contribution in [3.8, 4) is 11.5 Å². The van der Waals surface area contributed by atoms with Crippen LogP contribution in [0, 0.1) is 0 Å². The summed E-state index contributed by atoms with van der Waals surface area (Å²) in [5.74, 6) is 0.543. The Bertz CT molecular complexity index is 1280. The molecule has 124 valence electrons. The first-order valence-electron chi connectivity index (χ1n) is 8.28. The maximum atomic E-state index is 13.2. The summed E-state index contributed by atoms with van der Waals surface area (Å²) in [6.45, 7) is 0. The number of para-hydroxylation sites is 2. The van der Waals surface area contributed by atoms with Crippen LogP contribution in [0.3, 0.4) is 0 Å². The first kappa shape index (κ1) is 15.2. The molecule has 1 heterocycles. The van der Waals surface area contributed by atoms with Gasteiger partial charge in [0.05, 0.1) is 0 Å². The molecule has 3 nitrogen and oxygen atoms in total. The van der Waals surface area contributed by atoms with Crippen molar-refractivity contribution in [1.82, 2.24) is 4.98 Å². The highest BCUT2D eigenvalue weighted by atomic mass is 32.2. The van der Waals surface area contributed by atoms with E-state index in [1.807, 2.05) is 78.9 Å². The Balaban J connectivity index is 1.91. The molecule has 0 amide bonds. The van der Waals surface area contributed by atoms with E-state index in [9.17, 15) is 4.79 Å².